The summed E-state index contributed by atoms with van der Waals surface area (Å²) >= 11 is 6.14. The van der Waals surface area contributed by atoms with E-state index >= 15 is 0 Å². The van der Waals surface area contributed by atoms with Gasteiger partial charge in [0, 0.05) is 22.2 Å². The Morgan fingerprint density at radius 2 is 1.78 bits per heavy atom. The Balaban J connectivity index is 2.07. The Hall–Kier alpha value is -2.06. The summed E-state index contributed by atoms with van der Waals surface area (Å²) in [6.07, 6.45) is 3.43. The minimum absolute atomic E-state index is 0.184. The number of halogens is 1. The van der Waals surface area contributed by atoms with E-state index in [1.54, 1.807) is 0 Å². The molecule has 3 rings (SSSR count). The highest BCUT2D eigenvalue weighted by atomic mass is 35.5. The van der Waals surface area contributed by atoms with Gasteiger partial charge in [-0.2, -0.15) is 0 Å². The molecule has 0 heterocycles. The topological polar surface area (TPSA) is 26.3 Å². The van der Waals surface area contributed by atoms with Crippen LogP contribution in [0.5, 0.6) is 5.75 Å². The fourth-order valence-corrected chi connectivity index (χ4v) is 2.96. The lowest BCUT2D eigenvalue weighted by Crippen LogP contribution is -2.08. The molecule has 0 fully saturated rings. The van der Waals surface area contributed by atoms with Gasteiger partial charge in [0.2, 0.25) is 0 Å². The second-order valence-corrected chi connectivity index (χ2v) is 6.16. The molecule has 3 aromatic carbocycles. The normalized spacial score (nSPS) is 11.0. The van der Waals surface area contributed by atoms with Crippen molar-refractivity contribution in [2.45, 2.75) is 32.6 Å². The summed E-state index contributed by atoms with van der Waals surface area (Å²) in [5.41, 5.74) is 0. The number of ether oxygens (including phenoxy) is 1. The van der Waals surface area contributed by atoms with Crippen LogP contribution in [0, 0.1) is 0 Å². The van der Waals surface area contributed by atoms with Crippen LogP contribution in [0.2, 0.25) is 5.02 Å². The second kappa shape index (κ2) is 7.01. The summed E-state index contributed by atoms with van der Waals surface area (Å²) in [6, 6.07) is 15.7. The van der Waals surface area contributed by atoms with Gasteiger partial charge in [-0.3, -0.25) is 4.79 Å². The molecule has 0 aliphatic carbocycles. The summed E-state index contributed by atoms with van der Waals surface area (Å²) in [5.74, 6) is 0.429. The molecule has 23 heavy (non-hydrogen) atoms. The standard InChI is InChI=1S/C20H19ClO2/c1-2-3-4-9-19(22)23-20-17-8-6-5-7-14(17)12-15-10-11-16(21)13-18(15)20/h5-8,10-13H,2-4,9H2,1H3. The highest BCUT2D eigenvalue weighted by molar-refractivity contribution is 6.31. The maximum atomic E-state index is 12.2. The van der Waals surface area contributed by atoms with Gasteiger partial charge >= 0.3 is 5.97 Å². The van der Waals surface area contributed by atoms with Crippen molar-refractivity contribution in [3.63, 3.8) is 0 Å². The number of esters is 1. The lowest BCUT2D eigenvalue weighted by molar-refractivity contribution is -0.134. The van der Waals surface area contributed by atoms with Crippen LogP contribution in [0.25, 0.3) is 21.5 Å². The molecule has 3 aromatic rings. The molecule has 2 nitrogen and oxygen atoms in total. The number of benzene rings is 3. The predicted molar refractivity (Wildman–Crippen MR) is 96.2 cm³/mol. The van der Waals surface area contributed by atoms with E-state index in [9.17, 15) is 4.79 Å². The van der Waals surface area contributed by atoms with Crippen LogP contribution >= 0.6 is 11.6 Å². The number of rotatable bonds is 5. The maximum absolute atomic E-state index is 12.2. The molecular formula is C20H19ClO2. The van der Waals surface area contributed by atoms with Crippen molar-refractivity contribution in [1.29, 1.82) is 0 Å². The zero-order valence-corrected chi connectivity index (χ0v) is 13.9. The molecule has 0 bridgehead atoms. The number of hydrogen-bond donors (Lipinski definition) is 0. The Labute approximate surface area is 141 Å². The van der Waals surface area contributed by atoms with E-state index in [4.69, 9.17) is 16.3 Å². The van der Waals surface area contributed by atoms with Crippen LogP contribution in [0.15, 0.2) is 48.5 Å². The third-order valence-electron chi connectivity index (χ3n) is 3.98. The molecular weight excluding hydrogens is 308 g/mol. The second-order valence-electron chi connectivity index (χ2n) is 5.72. The van der Waals surface area contributed by atoms with E-state index in [2.05, 4.69) is 13.0 Å². The molecule has 0 saturated heterocycles. The van der Waals surface area contributed by atoms with Crippen molar-refractivity contribution >= 4 is 39.1 Å². The van der Waals surface area contributed by atoms with E-state index in [1.807, 2.05) is 42.5 Å². The zero-order chi connectivity index (χ0) is 16.2. The van der Waals surface area contributed by atoms with E-state index in [0.717, 1.165) is 40.8 Å². The fraction of sp³-hybridized carbons (Fsp3) is 0.250. The number of carbonyl (C=O) groups excluding carboxylic acids is 1. The van der Waals surface area contributed by atoms with Crippen LogP contribution in [0.4, 0.5) is 0 Å². The highest BCUT2D eigenvalue weighted by Crippen LogP contribution is 2.36. The third-order valence-corrected chi connectivity index (χ3v) is 4.21. The van der Waals surface area contributed by atoms with Crippen molar-refractivity contribution < 1.29 is 9.53 Å². The fourth-order valence-electron chi connectivity index (χ4n) is 2.79. The summed E-state index contributed by atoms with van der Waals surface area (Å²) < 4.78 is 5.74. The third kappa shape index (κ3) is 3.48. The quantitative estimate of drug-likeness (QED) is 0.244. The van der Waals surface area contributed by atoms with Gasteiger partial charge in [-0.15, -0.1) is 0 Å². The van der Waals surface area contributed by atoms with Gasteiger partial charge < -0.3 is 4.74 Å². The number of carbonyl (C=O) groups is 1. The molecule has 0 saturated carbocycles. The summed E-state index contributed by atoms with van der Waals surface area (Å²) in [7, 11) is 0. The van der Waals surface area contributed by atoms with Crippen molar-refractivity contribution in [2.24, 2.45) is 0 Å². The van der Waals surface area contributed by atoms with Crippen LogP contribution < -0.4 is 4.74 Å². The molecule has 0 N–H and O–H groups in total. The Kier molecular flexibility index (Phi) is 4.82. The number of fused-ring (bicyclic) bond motifs is 2. The summed E-state index contributed by atoms with van der Waals surface area (Å²) in [5, 5.41) is 4.52. The molecule has 0 spiro atoms. The van der Waals surface area contributed by atoms with E-state index in [-0.39, 0.29) is 5.97 Å². The smallest absolute Gasteiger partial charge is 0.311 e. The Morgan fingerprint density at radius 3 is 2.61 bits per heavy atom. The van der Waals surface area contributed by atoms with Gasteiger partial charge in [0.05, 0.1) is 0 Å². The van der Waals surface area contributed by atoms with Crippen LogP contribution in [-0.2, 0) is 4.79 Å². The van der Waals surface area contributed by atoms with E-state index in [1.165, 1.54) is 0 Å². The minimum atomic E-state index is -0.184. The van der Waals surface area contributed by atoms with Crippen molar-refractivity contribution in [1.82, 2.24) is 0 Å². The molecule has 0 atom stereocenters. The van der Waals surface area contributed by atoms with Gasteiger partial charge in [-0.1, -0.05) is 61.7 Å². The van der Waals surface area contributed by atoms with Gasteiger partial charge in [0.15, 0.2) is 0 Å². The van der Waals surface area contributed by atoms with E-state index in [0.29, 0.717) is 17.2 Å². The average Bonchev–Trinajstić information content (AvgIpc) is 2.55. The first-order valence-electron chi connectivity index (χ1n) is 8.00. The molecule has 0 aromatic heterocycles. The predicted octanol–water partition coefficient (Wildman–Crippen LogP) is 6.13. The lowest BCUT2D eigenvalue weighted by Gasteiger charge is -2.12. The van der Waals surface area contributed by atoms with Gasteiger partial charge in [-0.05, 0) is 35.4 Å². The Bertz CT molecular complexity index is 855. The molecule has 0 amide bonds. The van der Waals surface area contributed by atoms with Crippen LogP contribution in [0.3, 0.4) is 0 Å². The van der Waals surface area contributed by atoms with Gasteiger partial charge in [0.1, 0.15) is 5.75 Å². The van der Waals surface area contributed by atoms with Gasteiger partial charge in [-0.25, -0.2) is 0 Å². The molecule has 0 unspecified atom stereocenters. The summed E-state index contributed by atoms with van der Waals surface area (Å²) in [4.78, 5) is 12.2. The average molecular weight is 327 g/mol. The number of unbranched alkanes of at least 4 members (excludes halogenated alkanes) is 2. The molecule has 0 aliphatic heterocycles. The van der Waals surface area contributed by atoms with Crippen LogP contribution in [0.1, 0.15) is 32.6 Å². The number of hydrogen-bond acceptors (Lipinski definition) is 2. The van der Waals surface area contributed by atoms with E-state index < -0.39 is 0 Å². The highest BCUT2D eigenvalue weighted by Gasteiger charge is 2.13. The van der Waals surface area contributed by atoms with Crippen molar-refractivity contribution in [3.05, 3.63) is 53.6 Å². The first-order chi connectivity index (χ1) is 11.2. The monoisotopic (exact) mass is 326 g/mol. The SMILES string of the molecule is CCCCCC(=O)Oc1c2ccccc2cc2ccc(Cl)cc12. The zero-order valence-electron chi connectivity index (χ0n) is 13.1. The first-order valence-corrected chi connectivity index (χ1v) is 8.38. The minimum Gasteiger partial charge on any atom is -0.425 e. The molecule has 0 radical (unpaired) electrons. The van der Waals surface area contributed by atoms with Gasteiger partial charge in [0.25, 0.3) is 0 Å². The molecule has 118 valence electrons. The van der Waals surface area contributed by atoms with Crippen LogP contribution in [-0.4, -0.2) is 5.97 Å². The van der Waals surface area contributed by atoms with Crippen molar-refractivity contribution in [3.8, 4) is 5.75 Å². The Morgan fingerprint density at radius 1 is 1.00 bits per heavy atom. The summed E-state index contributed by atoms with van der Waals surface area (Å²) in [6.45, 7) is 2.12. The lowest BCUT2D eigenvalue weighted by atomic mass is 10.0. The van der Waals surface area contributed by atoms with Crippen molar-refractivity contribution in [2.75, 3.05) is 0 Å². The first kappa shape index (κ1) is 15.8. The molecule has 3 heteroatoms. The largest absolute Gasteiger partial charge is 0.425 e. The maximum Gasteiger partial charge on any atom is 0.311 e. The molecule has 0 aliphatic rings.